The number of hydrogen-bond donors (Lipinski definition) is 1. The van der Waals surface area contributed by atoms with Gasteiger partial charge < -0.3 is 19.7 Å². The van der Waals surface area contributed by atoms with Crippen molar-refractivity contribution in [3.05, 3.63) is 29.8 Å². The van der Waals surface area contributed by atoms with Gasteiger partial charge in [-0.2, -0.15) is 0 Å². The molecule has 0 aromatic heterocycles. The molecule has 0 radical (unpaired) electrons. The van der Waals surface area contributed by atoms with Crippen molar-refractivity contribution in [2.24, 2.45) is 0 Å². The van der Waals surface area contributed by atoms with Crippen molar-refractivity contribution in [1.82, 2.24) is 10.2 Å². The molecule has 1 atom stereocenters. The number of fused-ring (bicyclic) bond motifs is 1. The summed E-state index contributed by atoms with van der Waals surface area (Å²) >= 11 is 0. The number of carbonyl (C=O) groups is 2. The maximum atomic E-state index is 12.3. The van der Waals surface area contributed by atoms with Gasteiger partial charge in [0.1, 0.15) is 6.04 Å². The number of nitrogens with zero attached hydrogens (tertiary/aromatic N) is 1. The summed E-state index contributed by atoms with van der Waals surface area (Å²) in [7, 11) is 0. The van der Waals surface area contributed by atoms with E-state index in [0.717, 1.165) is 31.5 Å². The van der Waals surface area contributed by atoms with E-state index in [0.29, 0.717) is 11.5 Å². The summed E-state index contributed by atoms with van der Waals surface area (Å²) in [5.41, 5.74) is 0.837. The zero-order valence-electron chi connectivity index (χ0n) is 13.8. The van der Waals surface area contributed by atoms with Crippen LogP contribution in [0.4, 0.5) is 0 Å². The van der Waals surface area contributed by atoms with Crippen LogP contribution in [0.25, 0.3) is 6.08 Å². The first-order valence-electron chi connectivity index (χ1n) is 8.30. The van der Waals surface area contributed by atoms with Gasteiger partial charge in [0, 0.05) is 19.2 Å². The summed E-state index contributed by atoms with van der Waals surface area (Å²) in [6.07, 6.45) is 6.36. The Morgan fingerprint density at radius 2 is 1.92 bits per heavy atom. The monoisotopic (exact) mass is 330 g/mol. The van der Waals surface area contributed by atoms with Gasteiger partial charge in [-0.3, -0.25) is 9.59 Å². The Kier molecular flexibility index (Phi) is 5.03. The maximum absolute atomic E-state index is 12.3. The van der Waals surface area contributed by atoms with Crippen LogP contribution in [-0.4, -0.2) is 42.6 Å². The van der Waals surface area contributed by atoms with E-state index < -0.39 is 6.04 Å². The highest BCUT2D eigenvalue weighted by Gasteiger charge is 2.22. The van der Waals surface area contributed by atoms with Crippen molar-refractivity contribution in [1.29, 1.82) is 0 Å². The fourth-order valence-electron chi connectivity index (χ4n) is 2.90. The van der Waals surface area contributed by atoms with Crippen LogP contribution in [-0.2, 0) is 9.59 Å². The van der Waals surface area contributed by atoms with Gasteiger partial charge in [-0.1, -0.05) is 6.07 Å². The lowest BCUT2D eigenvalue weighted by atomic mass is 10.1. The summed E-state index contributed by atoms with van der Waals surface area (Å²) in [4.78, 5) is 26.1. The van der Waals surface area contributed by atoms with Crippen LogP contribution in [0.1, 0.15) is 31.7 Å². The minimum Gasteiger partial charge on any atom is -0.454 e. The molecule has 0 aliphatic carbocycles. The van der Waals surface area contributed by atoms with E-state index in [4.69, 9.17) is 9.47 Å². The molecule has 1 saturated heterocycles. The summed E-state index contributed by atoms with van der Waals surface area (Å²) in [5, 5.41) is 2.73. The third-order valence-corrected chi connectivity index (χ3v) is 4.22. The molecule has 1 aromatic rings. The summed E-state index contributed by atoms with van der Waals surface area (Å²) in [6.45, 7) is 3.51. The van der Waals surface area contributed by atoms with E-state index in [2.05, 4.69) is 5.32 Å². The van der Waals surface area contributed by atoms with Gasteiger partial charge in [-0.05, 0) is 50.0 Å². The molecule has 2 aliphatic heterocycles. The highest BCUT2D eigenvalue weighted by molar-refractivity contribution is 5.95. The molecular weight excluding hydrogens is 308 g/mol. The van der Waals surface area contributed by atoms with Crippen LogP contribution in [0.3, 0.4) is 0 Å². The first-order chi connectivity index (χ1) is 11.6. The lowest BCUT2D eigenvalue weighted by molar-refractivity contribution is -0.135. The molecule has 2 heterocycles. The minimum atomic E-state index is -0.517. The van der Waals surface area contributed by atoms with E-state index in [1.54, 1.807) is 13.0 Å². The first-order valence-corrected chi connectivity index (χ1v) is 8.30. The Balaban J connectivity index is 1.53. The predicted molar refractivity (Wildman–Crippen MR) is 89.6 cm³/mol. The van der Waals surface area contributed by atoms with Crippen LogP contribution in [0, 0.1) is 0 Å². The number of likely N-dealkylation sites (tertiary alicyclic amines) is 1. The minimum absolute atomic E-state index is 0.0143. The molecule has 0 bridgehead atoms. The highest BCUT2D eigenvalue weighted by atomic mass is 16.7. The fraction of sp³-hybridized carbons (Fsp3) is 0.444. The van der Waals surface area contributed by atoms with Crippen LogP contribution in [0.15, 0.2) is 24.3 Å². The molecule has 128 valence electrons. The third-order valence-electron chi connectivity index (χ3n) is 4.22. The number of ether oxygens (including phenoxy) is 2. The lowest BCUT2D eigenvalue weighted by Gasteiger charge is -2.29. The van der Waals surface area contributed by atoms with Gasteiger partial charge in [0.05, 0.1) is 0 Å². The molecule has 3 rings (SSSR count). The van der Waals surface area contributed by atoms with Gasteiger partial charge in [0.25, 0.3) is 0 Å². The van der Waals surface area contributed by atoms with E-state index in [1.807, 2.05) is 23.1 Å². The summed E-state index contributed by atoms with van der Waals surface area (Å²) in [5.74, 6) is 1.08. The zero-order valence-corrected chi connectivity index (χ0v) is 13.8. The molecule has 1 unspecified atom stereocenters. The van der Waals surface area contributed by atoms with Crippen molar-refractivity contribution in [3.8, 4) is 11.5 Å². The van der Waals surface area contributed by atoms with Crippen molar-refractivity contribution >= 4 is 17.9 Å². The van der Waals surface area contributed by atoms with Crippen molar-refractivity contribution in [2.75, 3.05) is 19.9 Å². The number of rotatable bonds is 4. The summed E-state index contributed by atoms with van der Waals surface area (Å²) < 4.78 is 10.6. The van der Waals surface area contributed by atoms with Crippen molar-refractivity contribution < 1.29 is 19.1 Å². The Bertz CT molecular complexity index is 650. The molecule has 1 N–H and O–H groups in total. The van der Waals surface area contributed by atoms with Gasteiger partial charge in [-0.15, -0.1) is 0 Å². The van der Waals surface area contributed by atoms with Gasteiger partial charge in [0.15, 0.2) is 11.5 Å². The number of hydrogen-bond acceptors (Lipinski definition) is 4. The molecular formula is C18H22N2O4. The number of carbonyl (C=O) groups excluding carboxylic acids is 2. The van der Waals surface area contributed by atoms with E-state index in [1.165, 1.54) is 12.5 Å². The smallest absolute Gasteiger partial charge is 0.244 e. The number of nitrogens with one attached hydrogen (secondary N) is 1. The molecule has 1 aromatic carbocycles. The second-order valence-electron chi connectivity index (χ2n) is 6.06. The maximum Gasteiger partial charge on any atom is 0.244 e. The fourth-order valence-corrected chi connectivity index (χ4v) is 2.90. The Hall–Kier alpha value is -2.50. The SMILES string of the molecule is CC(NC(=O)/C=C/c1ccc2c(c1)OCO2)C(=O)N1CCCCC1. The second kappa shape index (κ2) is 7.38. The molecule has 24 heavy (non-hydrogen) atoms. The molecule has 6 nitrogen and oxygen atoms in total. The summed E-state index contributed by atoms with van der Waals surface area (Å²) in [6, 6.07) is 4.95. The van der Waals surface area contributed by atoms with Crippen LogP contribution < -0.4 is 14.8 Å². The van der Waals surface area contributed by atoms with E-state index >= 15 is 0 Å². The van der Waals surface area contributed by atoms with Gasteiger partial charge in [0.2, 0.25) is 18.6 Å². The molecule has 2 amide bonds. The Morgan fingerprint density at radius 1 is 1.17 bits per heavy atom. The van der Waals surface area contributed by atoms with Gasteiger partial charge >= 0.3 is 0 Å². The average molecular weight is 330 g/mol. The average Bonchev–Trinajstić information content (AvgIpc) is 3.07. The van der Waals surface area contributed by atoms with Crippen LogP contribution in [0.2, 0.25) is 0 Å². The quantitative estimate of drug-likeness (QED) is 0.857. The first kappa shape index (κ1) is 16.4. The molecule has 1 fully saturated rings. The number of piperidine rings is 1. The number of amides is 2. The second-order valence-corrected chi connectivity index (χ2v) is 6.06. The van der Waals surface area contributed by atoms with Crippen LogP contribution >= 0.6 is 0 Å². The van der Waals surface area contributed by atoms with Gasteiger partial charge in [-0.25, -0.2) is 0 Å². The molecule has 0 spiro atoms. The molecule has 0 saturated carbocycles. The third kappa shape index (κ3) is 3.88. The Morgan fingerprint density at radius 3 is 2.71 bits per heavy atom. The van der Waals surface area contributed by atoms with Crippen molar-refractivity contribution in [3.63, 3.8) is 0 Å². The normalized spacial score (nSPS) is 17.8. The standard InChI is InChI=1S/C18H22N2O4/c1-13(18(22)20-9-3-2-4-10-20)19-17(21)8-6-14-5-7-15-16(11-14)24-12-23-15/h5-8,11,13H,2-4,9-10,12H2,1H3,(H,19,21)/b8-6+. The zero-order chi connectivity index (χ0) is 16.9. The van der Waals surface area contributed by atoms with Crippen LogP contribution in [0.5, 0.6) is 11.5 Å². The molecule has 2 aliphatic rings. The Labute approximate surface area is 141 Å². The topological polar surface area (TPSA) is 67.9 Å². The number of benzene rings is 1. The highest BCUT2D eigenvalue weighted by Crippen LogP contribution is 2.32. The van der Waals surface area contributed by atoms with E-state index in [-0.39, 0.29) is 18.6 Å². The molecule has 6 heteroatoms. The lowest BCUT2D eigenvalue weighted by Crippen LogP contribution is -2.48. The van der Waals surface area contributed by atoms with Crippen molar-refractivity contribution in [2.45, 2.75) is 32.2 Å². The van der Waals surface area contributed by atoms with E-state index in [9.17, 15) is 9.59 Å². The largest absolute Gasteiger partial charge is 0.454 e. The predicted octanol–water partition coefficient (Wildman–Crippen LogP) is 1.95.